The zero-order valence-corrected chi connectivity index (χ0v) is 22.8. The van der Waals surface area contributed by atoms with Crippen molar-refractivity contribution in [3.05, 3.63) is 53.9 Å². The average Bonchev–Trinajstić information content (AvgIpc) is 2.88. The van der Waals surface area contributed by atoms with Gasteiger partial charge >= 0.3 is 17.9 Å². The minimum Gasteiger partial charge on any atom is -0.478 e. The number of cyclic esters (lactones) is 1. The summed E-state index contributed by atoms with van der Waals surface area (Å²) in [4.78, 5) is 38.0. The smallest absolute Gasteiger partial charge is 0.337 e. The van der Waals surface area contributed by atoms with Crippen molar-refractivity contribution in [3.63, 3.8) is 0 Å². The summed E-state index contributed by atoms with van der Waals surface area (Å²) < 4.78 is 11.5. The van der Waals surface area contributed by atoms with Gasteiger partial charge in [-0.3, -0.25) is 14.6 Å². The number of esters is 2. The van der Waals surface area contributed by atoms with Gasteiger partial charge in [0.05, 0.1) is 24.0 Å². The van der Waals surface area contributed by atoms with Gasteiger partial charge in [0.15, 0.2) is 0 Å². The molecule has 0 unspecified atom stereocenters. The number of aliphatic hydroxyl groups is 1. The molecule has 1 saturated heterocycles. The number of pyridine rings is 1. The second-order valence-corrected chi connectivity index (χ2v) is 10.9. The van der Waals surface area contributed by atoms with Gasteiger partial charge in [0.25, 0.3) is 0 Å². The van der Waals surface area contributed by atoms with Crippen LogP contribution in [-0.2, 0) is 19.1 Å². The Morgan fingerprint density at radius 3 is 2.61 bits per heavy atom. The van der Waals surface area contributed by atoms with Crippen LogP contribution in [0.4, 0.5) is 0 Å². The second kappa shape index (κ2) is 13.7. The molecule has 38 heavy (non-hydrogen) atoms. The first-order chi connectivity index (χ1) is 18.1. The van der Waals surface area contributed by atoms with E-state index in [1.807, 2.05) is 13.8 Å². The molecule has 4 rings (SSSR count). The predicted octanol–water partition coefficient (Wildman–Crippen LogP) is 4.98. The Balaban J connectivity index is 0.000000375. The number of allylic oxidation sites excluding steroid dienone is 3. The molecule has 2 heterocycles. The Bertz CT molecular complexity index is 1020. The minimum atomic E-state index is -0.942. The summed E-state index contributed by atoms with van der Waals surface area (Å²) in [5.41, 5.74) is 1.49. The fourth-order valence-electron chi connectivity index (χ4n) is 5.56. The molecule has 1 aromatic heterocycles. The van der Waals surface area contributed by atoms with Crippen molar-refractivity contribution in [2.75, 3.05) is 0 Å². The Kier molecular flexibility index (Phi) is 10.6. The zero-order valence-electron chi connectivity index (χ0n) is 22.8. The third-order valence-electron chi connectivity index (χ3n) is 7.84. The van der Waals surface area contributed by atoms with Crippen molar-refractivity contribution in [1.29, 1.82) is 0 Å². The molecule has 0 spiro atoms. The van der Waals surface area contributed by atoms with Crippen LogP contribution in [0.5, 0.6) is 0 Å². The van der Waals surface area contributed by atoms with Crippen LogP contribution >= 0.6 is 0 Å². The highest BCUT2D eigenvalue weighted by atomic mass is 16.6. The summed E-state index contributed by atoms with van der Waals surface area (Å²) in [7, 11) is 0. The van der Waals surface area contributed by atoms with Crippen molar-refractivity contribution in [3.8, 4) is 0 Å². The summed E-state index contributed by atoms with van der Waals surface area (Å²) in [5.74, 6) is -0.187. The van der Waals surface area contributed by atoms with Gasteiger partial charge < -0.3 is 19.7 Å². The summed E-state index contributed by atoms with van der Waals surface area (Å²) in [6.45, 7) is 8.33. The van der Waals surface area contributed by atoms with E-state index < -0.39 is 12.1 Å². The zero-order chi connectivity index (χ0) is 27.8. The molecule has 0 saturated carbocycles. The van der Waals surface area contributed by atoms with Crippen LogP contribution in [0, 0.1) is 29.6 Å². The number of aromatic nitrogens is 1. The van der Waals surface area contributed by atoms with Gasteiger partial charge in [-0.15, -0.1) is 0 Å². The van der Waals surface area contributed by atoms with Gasteiger partial charge in [-0.05, 0) is 61.1 Å². The first kappa shape index (κ1) is 29.6. The highest BCUT2D eigenvalue weighted by molar-refractivity contribution is 5.86. The molecule has 1 fully saturated rings. The maximum absolute atomic E-state index is 12.5. The van der Waals surface area contributed by atoms with E-state index in [1.54, 1.807) is 6.07 Å². The van der Waals surface area contributed by atoms with Crippen molar-refractivity contribution < 1.29 is 34.1 Å². The first-order valence-electron chi connectivity index (χ1n) is 13.7. The number of hydrogen-bond acceptors (Lipinski definition) is 7. The van der Waals surface area contributed by atoms with E-state index in [-0.39, 0.29) is 48.0 Å². The van der Waals surface area contributed by atoms with Crippen LogP contribution < -0.4 is 0 Å². The van der Waals surface area contributed by atoms with Crippen LogP contribution in [0.3, 0.4) is 0 Å². The van der Waals surface area contributed by atoms with E-state index in [4.69, 9.17) is 14.6 Å². The molecule has 208 valence electrons. The lowest BCUT2D eigenvalue weighted by atomic mass is 9.65. The molecule has 2 N–H and O–H groups in total. The molecular formula is C30H41NO7. The maximum Gasteiger partial charge on any atom is 0.337 e. The van der Waals surface area contributed by atoms with Crippen molar-refractivity contribution in [2.24, 2.45) is 29.6 Å². The normalized spacial score (nSPS) is 31.0. The number of carboxylic acid groups (broad SMARTS) is 1. The van der Waals surface area contributed by atoms with Gasteiger partial charge in [-0.1, -0.05) is 45.9 Å². The third-order valence-corrected chi connectivity index (χ3v) is 7.84. The topological polar surface area (TPSA) is 123 Å². The lowest BCUT2D eigenvalue weighted by Gasteiger charge is -2.43. The monoisotopic (exact) mass is 527 g/mol. The molecule has 3 aliphatic rings. The SMILES string of the molecule is CC[C@H](C)C(=O)O[C@H]1C[C@@H](C)C=C2C=C[C@H](C)[C@H](CC[C@@H]3C[C@@H](O)CC(=O)O3)[C@H]21.O=C(O)c1cccnc1. The van der Waals surface area contributed by atoms with Crippen molar-refractivity contribution in [2.45, 2.75) is 84.5 Å². The largest absolute Gasteiger partial charge is 0.478 e. The minimum absolute atomic E-state index is 0.0854. The Labute approximate surface area is 225 Å². The Morgan fingerprint density at radius 1 is 1.24 bits per heavy atom. The molecule has 1 aliphatic heterocycles. The van der Waals surface area contributed by atoms with Crippen LogP contribution in [0.25, 0.3) is 0 Å². The molecule has 0 amide bonds. The first-order valence-corrected chi connectivity index (χ1v) is 13.7. The number of aromatic carboxylic acids is 1. The van der Waals surface area contributed by atoms with E-state index in [0.29, 0.717) is 24.2 Å². The Morgan fingerprint density at radius 2 is 2.00 bits per heavy atom. The number of hydrogen-bond donors (Lipinski definition) is 2. The molecule has 1 aromatic rings. The Hall–Kier alpha value is -3.00. The number of ether oxygens (including phenoxy) is 2. The van der Waals surface area contributed by atoms with Crippen LogP contribution in [0.15, 0.2) is 48.3 Å². The summed E-state index contributed by atoms with van der Waals surface area (Å²) in [6.07, 6.45) is 12.5. The van der Waals surface area contributed by atoms with E-state index in [2.05, 4.69) is 37.1 Å². The number of carbonyl (C=O) groups is 3. The fourth-order valence-corrected chi connectivity index (χ4v) is 5.56. The third kappa shape index (κ3) is 8.00. The highest BCUT2D eigenvalue weighted by Crippen LogP contribution is 2.45. The maximum atomic E-state index is 12.5. The molecule has 8 heteroatoms. The van der Waals surface area contributed by atoms with Gasteiger partial charge in [-0.25, -0.2) is 4.79 Å². The van der Waals surface area contributed by atoms with Gasteiger partial charge in [0.2, 0.25) is 0 Å². The van der Waals surface area contributed by atoms with Gasteiger partial charge in [0.1, 0.15) is 12.2 Å². The average molecular weight is 528 g/mol. The lowest BCUT2D eigenvalue weighted by Crippen LogP contribution is -2.42. The molecule has 8 nitrogen and oxygen atoms in total. The quantitative estimate of drug-likeness (QED) is 0.476. The van der Waals surface area contributed by atoms with E-state index in [9.17, 15) is 19.5 Å². The molecule has 8 atom stereocenters. The standard InChI is InChI=1S/C24H36O5.C6H5NO2/c1-5-15(3)24(27)29-21-11-14(2)10-17-7-6-16(4)20(23(17)21)9-8-19-12-18(25)13-22(26)28-19;8-6(9)5-2-1-3-7-4-5/h6-7,10,14-16,18-21,23,25H,5,8-9,11-13H2,1-4H3;1-4H,(H,8,9)/t14-,15-,16-,18+,19+,20-,21-,23-;/m0./s1. The summed E-state index contributed by atoms with van der Waals surface area (Å²) >= 11 is 0. The van der Waals surface area contributed by atoms with Crippen molar-refractivity contribution in [1.82, 2.24) is 4.98 Å². The van der Waals surface area contributed by atoms with Gasteiger partial charge in [-0.2, -0.15) is 0 Å². The molecule has 0 radical (unpaired) electrons. The second-order valence-electron chi connectivity index (χ2n) is 10.9. The molecule has 0 bridgehead atoms. The number of nitrogens with zero attached hydrogens (tertiary/aromatic N) is 1. The van der Waals surface area contributed by atoms with E-state index in [1.165, 1.54) is 24.0 Å². The summed E-state index contributed by atoms with van der Waals surface area (Å²) in [5, 5.41) is 18.2. The van der Waals surface area contributed by atoms with Gasteiger partial charge in [0, 0.05) is 24.7 Å². The van der Waals surface area contributed by atoms with E-state index >= 15 is 0 Å². The summed E-state index contributed by atoms with van der Waals surface area (Å²) in [6, 6.07) is 3.08. The van der Waals surface area contributed by atoms with Crippen molar-refractivity contribution >= 4 is 17.9 Å². The number of carboxylic acids is 1. The number of aliphatic hydroxyl groups excluding tert-OH is 1. The highest BCUT2D eigenvalue weighted by Gasteiger charge is 2.42. The van der Waals surface area contributed by atoms with Crippen LogP contribution in [0.2, 0.25) is 0 Å². The fraction of sp³-hybridized carbons (Fsp3) is 0.600. The molecular weight excluding hydrogens is 486 g/mol. The number of rotatable bonds is 7. The number of fused-ring (bicyclic) bond motifs is 1. The van der Waals surface area contributed by atoms with Crippen LogP contribution in [-0.4, -0.2) is 51.4 Å². The van der Waals surface area contributed by atoms with E-state index in [0.717, 1.165) is 25.7 Å². The number of carbonyl (C=O) groups excluding carboxylic acids is 2. The molecule has 0 aromatic carbocycles. The molecule has 2 aliphatic carbocycles. The predicted molar refractivity (Wildman–Crippen MR) is 142 cm³/mol. The lowest BCUT2D eigenvalue weighted by molar-refractivity contribution is -0.162. The van der Waals surface area contributed by atoms with Crippen LogP contribution in [0.1, 0.15) is 76.6 Å².